The number of carbonyl (C=O) groups excluding carboxylic acids is 1. The molecule has 0 radical (unpaired) electrons. The number of rotatable bonds is 3. The van der Waals surface area contributed by atoms with Crippen molar-refractivity contribution < 1.29 is 14.3 Å². The number of hydrogen-bond acceptors (Lipinski definition) is 3. The number of aromatic amines is 1. The molecule has 0 saturated heterocycles. The van der Waals surface area contributed by atoms with Crippen LogP contribution in [-0.4, -0.2) is 34.4 Å². The zero-order chi connectivity index (χ0) is 11.5. The first-order chi connectivity index (χ1) is 7.74. The van der Waals surface area contributed by atoms with Crippen LogP contribution in [0.3, 0.4) is 0 Å². The summed E-state index contributed by atoms with van der Waals surface area (Å²) in [5, 5.41) is 17.7. The summed E-state index contributed by atoms with van der Waals surface area (Å²) in [5.74, 6) is -0.892. The van der Waals surface area contributed by atoms with Crippen LogP contribution in [0.5, 0.6) is 0 Å². The van der Waals surface area contributed by atoms with E-state index in [9.17, 15) is 9.18 Å². The van der Waals surface area contributed by atoms with E-state index in [1.54, 1.807) is 6.07 Å². The van der Waals surface area contributed by atoms with E-state index in [2.05, 4.69) is 15.5 Å². The molecule has 0 fully saturated rings. The summed E-state index contributed by atoms with van der Waals surface area (Å²) in [6.45, 7) is -0.00897. The van der Waals surface area contributed by atoms with E-state index < -0.39 is 11.7 Å². The van der Waals surface area contributed by atoms with Crippen LogP contribution in [0.4, 0.5) is 4.39 Å². The molecule has 6 heteroatoms. The summed E-state index contributed by atoms with van der Waals surface area (Å²) >= 11 is 0. The Bertz CT molecular complexity index is 524. The summed E-state index contributed by atoms with van der Waals surface area (Å²) in [6, 6.07) is 4.40. The highest BCUT2D eigenvalue weighted by atomic mass is 19.1. The van der Waals surface area contributed by atoms with Crippen molar-refractivity contribution in [2.24, 2.45) is 0 Å². The second-order valence-corrected chi connectivity index (χ2v) is 3.21. The number of halogens is 1. The van der Waals surface area contributed by atoms with Crippen molar-refractivity contribution in [3.05, 3.63) is 29.7 Å². The standard InChI is InChI=1S/C10H10FN3O2/c11-7-3-1-2-6-8(7)13-14-9(6)10(16)12-4-5-15/h1-3,15H,4-5H2,(H,12,16)(H,13,14). The Labute approximate surface area is 90.3 Å². The monoisotopic (exact) mass is 223 g/mol. The average molecular weight is 223 g/mol. The summed E-state index contributed by atoms with van der Waals surface area (Å²) in [7, 11) is 0. The van der Waals surface area contributed by atoms with Crippen LogP contribution in [0.25, 0.3) is 10.9 Å². The number of aromatic nitrogens is 2. The average Bonchev–Trinajstić information content (AvgIpc) is 2.71. The molecule has 84 valence electrons. The Balaban J connectivity index is 2.38. The van der Waals surface area contributed by atoms with E-state index in [-0.39, 0.29) is 24.4 Å². The van der Waals surface area contributed by atoms with E-state index in [1.807, 2.05) is 0 Å². The van der Waals surface area contributed by atoms with Crippen molar-refractivity contribution >= 4 is 16.8 Å². The number of nitrogens with one attached hydrogen (secondary N) is 2. The molecular formula is C10H10FN3O2. The lowest BCUT2D eigenvalue weighted by Crippen LogP contribution is -2.26. The van der Waals surface area contributed by atoms with Crippen LogP contribution in [0.2, 0.25) is 0 Å². The first-order valence-corrected chi connectivity index (χ1v) is 4.75. The number of carbonyl (C=O) groups is 1. The fraction of sp³-hybridized carbons (Fsp3) is 0.200. The van der Waals surface area contributed by atoms with Crippen molar-refractivity contribution in [3.8, 4) is 0 Å². The highest BCUT2D eigenvalue weighted by Gasteiger charge is 2.14. The highest BCUT2D eigenvalue weighted by molar-refractivity contribution is 6.04. The Morgan fingerprint density at radius 1 is 1.56 bits per heavy atom. The predicted molar refractivity (Wildman–Crippen MR) is 55.5 cm³/mol. The molecule has 5 nitrogen and oxygen atoms in total. The zero-order valence-corrected chi connectivity index (χ0v) is 8.33. The molecule has 2 rings (SSSR count). The van der Waals surface area contributed by atoms with Gasteiger partial charge in [-0.25, -0.2) is 4.39 Å². The fourth-order valence-corrected chi connectivity index (χ4v) is 1.43. The van der Waals surface area contributed by atoms with Crippen molar-refractivity contribution in [1.29, 1.82) is 0 Å². The molecule has 0 atom stereocenters. The number of fused-ring (bicyclic) bond motifs is 1. The molecule has 1 amide bonds. The summed E-state index contributed by atoms with van der Waals surface area (Å²) in [4.78, 5) is 11.6. The maximum atomic E-state index is 13.3. The molecule has 0 saturated carbocycles. The Morgan fingerprint density at radius 3 is 3.12 bits per heavy atom. The Morgan fingerprint density at radius 2 is 2.38 bits per heavy atom. The number of para-hydroxylation sites is 1. The number of nitrogens with zero attached hydrogens (tertiary/aromatic N) is 1. The third-order valence-electron chi connectivity index (χ3n) is 2.16. The third-order valence-corrected chi connectivity index (χ3v) is 2.16. The molecule has 0 aliphatic heterocycles. The largest absolute Gasteiger partial charge is 0.395 e. The zero-order valence-electron chi connectivity index (χ0n) is 8.33. The van der Waals surface area contributed by atoms with Gasteiger partial charge in [0.1, 0.15) is 11.3 Å². The summed E-state index contributed by atoms with van der Waals surface area (Å²) in [5.41, 5.74) is 0.333. The smallest absolute Gasteiger partial charge is 0.272 e. The van der Waals surface area contributed by atoms with Gasteiger partial charge in [-0.2, -0.15) is 5.10 Å². The molecule has 2 aromatic rings. The van der Waals surface area contributed by atoms with Crippen LogP contribution in [0.1, 0.15) is 10.5 Å². The lowest BCUT2D eigenvalue weighted by molar-refractivity contribution is 0.0941. The molecule has 0 aliphatic rings. The normalized spacial score (nSPS) is 10.6. The fourth-order valence-electron chi connectivity index (χ4n) is 1.43. The van der Waals surface area contributed by atoms with Gasteiger partial charge in [-0.3, -0.25) is 9.89 Å². The van der Waals surface area contributed by atoms with Gasteiger partial charge in [0.25, 0.3) is 5.91 Å². The van der Waals surface area contributed by atoms with Crippen LogP contribution >= 0.6 is 0 Å². The van der Waals surface area contributed by atoms with Gasteiger partial charge in [0.05, 0.1) is 6.61 Å². The minimum Gasteiger partial charge on any atom is -0.395 e. The first-order valence-electron chi connectivity index (χ1n) is 4.75. The molecule has 1 aromatic carbocycles. The summed E-state index contributed by atoms with van der Waals surface area (Å²) in [6.07, 6.45) is 0. The van der Waals surface area contributed by atoms with Gasteiger partial charge in [-0.15, -0.1) is 0 Å². The minimum atomic E-state index is -0.453. The molecule has 1 heterocycles. The van der Waals surface area contributed by atoms with Gasteiger partial charge >= 0.3 is 0 Å². The van der Waals surface area contributed by atoms with Gasteiger partial charge in [0.15, 0.2) is 5.69 Å². The lowest BCUT2D eigenvalue weighted by Gasteiger charge is -1.99. The molecule has 3 N–H and O–H groups in total. The molecule has 0 aliphatic carbocycles. The van der Waals surface area contributed by atoms with E-state index in [0.717, 1.165) is 0 Å². The minimum absolute atomic E-state index is 0.128. The van der Waals surface area contributed by atoms with Crippen LogP contribution < -0.4 is 5.32 Å². The molecular weight excluding hydrogens is 213 g/mol. The highest BCUT2D eigenvalue weighted by Crippen LogP contribution is 2.18. The molecule has 0 unspecified atom stereocenters. The van der Waals surface area contributed by atoms with Crippen molar-refractivity contribution in [1.82, 2.24) is 15.5 Å². The number of benzene rings is 1. The molecule has 0 spiro atoms. The van der Waals surface area contributed by atoms with Gasteiger partial charge in [-0.1, -0.05) is 12.1 Å². The maximum absolute atomic E-state index is 13.3. The van der Waals surface area contributed by atoms with Gasteiger partial charge < -0.3 is 10.4 Å². The third kappa shape index (κ3) is 1.74. The van der Waals surface area contributed by atoms with Crippen molar-refractivity contribution in [2.75, 3.05) is 13.2 Å². The van der Waals surface area contributed by atoms with E-state index in [1.165, 1.54) is 12.1 Å². The number of aliphatic hydroxyl groups excluding tert-OH is 1. The number of aliphatic hydroxyl groups is 1. The Kier molecular flexibility index (Phi) is 2.82. The van der Waals surface area contributed by atoms with E-state index >= 15 is 0 Å². The predicted octanol–water partition coefficient (Wildman–Crippen LogP) is 0.424. The van der Waals surface area contributed by atoms with Crippen LogP contribution in [0.15, 0.2) is 18.2 Å². The van der Waals surface area contributed by atoms with E-state index in [4.69, 9.17) is 5.11 Å². The summed E-state index contributed by atoms with van der Waals surface area (Å²) < 4.78 is 13.3. The van der Waals surface area contributed by atoms with Gasteiger partial charge in [-0.05, 0) is 6.07 Å². The lowest BCUT2D eigenvalue weighted by atomic mass is 10.2. The molecule has 0 bridgehead atoms. The number of hydrogen-bond donors (Lipinski definition) is 3. The first kappa shape index (κ1) is 10.6. The second-order valence-electron chi connectivity index (χ2n) is 3.21. The van der Waals surface area contributed by atoms with Gasteiger partial charge in [0, 0.05) is 11.9 Å². The van der Waals surface area contributed by atoms with E-state index in [0.29, 0.717) is 5.39 Å². The molecule has 16 heavy (non-hydrogen) atoms. The Hall–Kier alpha value is -1.95. The van der Waals surface area contributed by atoms with Gasteiger partial charge in [0.2, 0.25) is 0 Å². The number of amides is 1. The van der Waals surface area contributed by atoms with Crippen LogP contribution in [0, 0.1) is 5.82 Å². The van der Waals surface area contributed by atoms with Crippen molar-refractivity contribution in [2.45, 2.75) is 0 Å². The number of H-pyrrole nitrogens is 1. The van der Waals surface area contributed by atoms with Crippen LogP contribution in [-0.2, 0) is 0 Å². The second kappa shape index (κ2) is 4.28. The quantitative estimate of drug-likeness (QED) is 0.705. The topological polar surface area (TPSA) is 78.0 Å². The SMILES string of the molecule is O=C(NCCO)c1n[nH]c2c(F)cccc12. The molecule has 1 aromatic heterocycles. The van der Waals surface area contributed by atoms with Crippen molar-refractivity contribution in [3.63, 3.8) is 0 Å². The maximum Gasteiger partial charge on any atom is 0.272 e.